The van der Waals surface area contributed by atoms with Crippen LogP contribution in [0, 0.1) is 0 Å². The molecule has 2 aromatic carbocycles. The molecule has 1 heterocycles. The molecule has 1 N–H and O–H groups in total. The lowest BCUT2D eigenvalue weighted by atomic mass is 10.1. The summed E-state index contributed by atoms with van der Waals surface area (Å²) in [5, 5.41) is 5.86. The molecule has 0 fully saturated rings. The molecule has 0 amide bonds. The maximum atomic E-state index is 6.12. The number of hydrogen-bond donors (Lipinski definition) is 1. The SMILES string of the molecule is CC1CC(=NNc2ccc(Br)cc2)c2cc(Cl)ccc2S1. The molecule has 0 radical (unpaired) electrons. The van der Waals surface area contributed by atoms with Crippen LogP contribution >= 0.6 is 39.3 Å². The molecule has 0 spiro atoms. The van der Waals surface area contributed by atoms with E-state index in [1.54, 1.807) is 0 Å². The van der Waals surface area contributed by atoms with Gasteiger partial charge in [0.05, 0.1) is 11.4 Å². The fourth-order valence-corrected chi connectivity index (χ4v) is 3.79. The summed E-state index contributed by atoms with van der Waals surface area (Å²) >= 11 is 11.4. The highest BCUT2D eigenvalue weighted by Crippen LogP contribution is 2.36. The third kappa shape index (κ3) is 3.62. The maximum absolute atomic E-state index is 6.12. The first kappa shape index (κ1) is 14.9. The van der Waals surface area contributed by atoms with Crippen molar-refractivity contribution in [1.29, 1.82) is 0 Å². The van der Waals surface area contributed by atoms with E-state index >= 15 is 0 Å². The largest absolute Gasteiger partial charge is 0.278 e. The molecule has 0 aliphatic carbocycles. The van der Waals surface area contributed by atoms with E-state index in [2.05, 4.69) is 39.4 Å². The molecule has 0 aromatic heterocycles. The van der Waals surface area contributed by atoms with Crippen LogP contribution in [0.2, 0.25) is 5.02 Å². The second kappa shape index (κ2) is 6.42. The van der Waals surface area contributed by atoms with Gasteiger partial charge in [0.1, 0.15) is 0 Å². The topological polar surface area (TPSA) is 24.4 Å². The summed E-state index contributed by atoms with van der Waals surface area (Å²) in [5.41, 5.74) is 6.30. The van der Waals surface area contributed by atoms with E-state index in [-0.39, 0.29) is 0 Å². The zero-order valence-corrected chi connectivity index (χ0v) is 14.6. The van der Waals surface area contributed by atoms with Crippen molar-refractivity contribution in [2.75, 3.05) is 5.43 Å². The van der Waals surface area contributed by atoms with E-state index < -0.39 is 0 Å². The van der Waals surface area contributed by atoms with E-state index in [1.165, 1.54) is 4.90 Å². The Morgan fingerprint density at radius 3 is 2.76 bits per heavy atom. The predicted molar refractivity (Wildman–Crippen MR) is 95.7 cm³/mol. The summed E-state index contributed by atoms with van der Waals surface area (Å²) in [5.74, 6) is 0. The summed E-state index contributed by atoms with van der Waals surface area (Å²) in [6.45, 7) is 2.22. The van der Waals surface area contributed by atoms with Crippen LogP contribution in [0.1, 0.15) is 18.9 Å². The smallest absolute Gasteiger partial charge is 0.0702 e. The number of fused-ring (bicyclic) bond motifs is 1. The number of rotatable bonds is 2. The molecule has 3 rings (SSSR count). The van der Waals surface area contributed by atoms with Gasteiger partial charge in [0.2, 0.25) is 0 Å². The molecule has 0 saturated heterocycles. The fraction of sp³-hybridized carbons (Fsp3) is 0.188. The number of nitrogens with zero attached hydrogens (tertiary/aromatic N) is 1. The number of halogens is 2. The van der Waals surface area contributed by atoms with Gasteiger partial charge in [0.15, 0.2) is 0 Å². The van der Waals surface area contributed by atoms with Crippen LogP contribution in [-0.2, 0) is 0 Å². The zero-order chi connectivity index (χ0) is 14.8. The van der Waals surface area contributed by atoms with Crippen molar-refractivity contribution in [3.05, 3.63) is 57.5 Å². The average molecular weight is 382 g/mol. The van der Waals surface area contributed by atoms with Crippen LogP contribution in [0.3, 0.4) is 0 Å². The van der Waals surface area contributed by atoms with E-state index in [1.807, 2.05) is 48.2 Å². The van der Waals surface area contributed by atoms with Crippen molar-refractivity contribution < 1.29 is 0 Å². The van der Waals surface area contributed by atoms with Crippen LogP contribution in [0.5, 0.6) is 0 Å². The molecule has 2 aromatic rings. The first-order valence-electron chi connectivity index (χ1n) is 6.66. The molecule has 1 atom stereocenters. The molecular weight excluding hydrogens is 368 g/mol. The highest BCUT2D eigenvalue weighted by Gasteiger charge is 2.21. The van der Waals surface area contributed by atoms with Crippen molar-refractivity contribution >= 4 is 50.7 Å². The zero-order valence-electron chi connectivity index (χ0n) is 11.4. The van der Waals surface area contributed by atoms with Gasteiger partial charge >= 0.3 is 0 Å². The van der Waals surface area contributed by atoms with Gasteiger partial charge in [-0.2, -0.15) is 5.10 Å². The third-order valence-corrected chi connectivity index (χ3v) is 5.17. The monoisotopic (exact) mass is 380 g/mol. The van der Waals surface area contributed by atoms with Crippen LogP contribution in [0.15, 0.2) is 56.9 Å². The molecule has 0 saturated carbocycles. The fourth-order valence-electron chi connectivity index (χ4n) is 2.23. The maximum Gasteiger partial charge on any atom is 0.0702 e. The molecule has 21 heavy (non-hydrogen) atoms. The van der Waals surface area contributed by atoms with Gasteiger partial charge in [-0.25, -0.2) is 0 Å². The standard InChI is InChI=1S/C16H14BrClN2S/c1-10-8-15(14-9-12(18)4-7-16(14)21-10)20-19-13-5-2-11(17)3-6-13/h2-7,9-10,19H,8H2,1H3. The highest BCUT2D eigenvalue weighted by molar-refractivity contribution is 9.10. The van der Waals surface area contributed by atoms with Crippen LogP contribution in [0.4, 0.5) is 5.69 Å². The van der Waals surface area contributed by atoms with Crippen molar-refractivity contribution in [2.24, 2.45) is 5.10 Å². The summed E-state index contributed by atoms with van der Waals surface area (Å²) in [7, 11) is 0. The normalized spacial score (nSPS) is 19.4. The summed E-state index contributed by atoms with van der Waals surface area (Å²) < 4.78 is 1.06. The average Bonchev–Trinajstić information content (AvgIpc) is 2.47. The highest BCUT2D eigenvalue weighted by atomic mass is 79.9. The van der Waals surface area contributed by atoms with Gasteiger partial charge in [-0.05, 0) is 42.5 Å². The first-order chi connectivity index (χ1) is 10.1. The van der Waals surface area contributed by atoms with Crippen molar-refractivity contribution in [3.63, 3.8) is 0 Å². The van der Waals surface area contributed by atoms with Gasteiger partial charge in [0, 0.05) is 31.6 Å². The van der Waals surface area contributed by atoms with E-state index in [0.29, 0.717) is 5.25 Å². The molecule has 1 unspecified atom stereocenters. The molecule has 0 bridgehead atoms. The molecule has 5 heteroatoms. The number of hydrogen-bond acceptors (Lipinski definition) is 3. The van der Waals surface area contributed by atoms with Crippen molar-refractivity contribution in [1.82, 2.24) is 0 Å². The van der Waals surface area contributed by atoms with E-state index in [4.69, 9.17) is 11.6 Å². The second-order valence-electron chi connectivity index (χ2n) is 4.95. The van der Waals surface area contributed by atoms with Gasteiger partial charge in [0.25, 0.3) is 0 Å². The number of anilines is 1. The molecule has 2 nitrogen and oxygen atoms in total. The number of benzene rings is 2. The minimum atomic E-state index is 0.518. The Balaban J connectivity index is 1.89. The Morgan fingerprint density at radius 2 is 2.00 bits per heavy atom. The van der Waals surface area contributed by atoms with Gasteiger partial charge in [-0.15, -0.1) is 11.8 Å². The summed E-state index contributed by atoms with van der Waals surface area (Å²) in [6, 6.07) is 14.0. The predicted octanol–water partition coefficient (Wildman–Crippen LogP) is 5.80. The lowest BCUT2D eigenvalue weighted by Gasteiger charge is -2.22. The van der Waals surface area contributed by atoms with E-state index in [9.17, 15) is 0 Å². The Morgan fingerprint density at radius 1 is 1.24 bits per heavy atom. The summed E-state index contributed by atoms with van der Waals surface area (Å²) in [4.78, 5) is 1.24. The Kier molecular flexibility index (Phi) is 4.57. The molecule has 108 valence electrons. The number of hydrazone groups is 1. The first-order valence-corrected chi connectivity index (χ1v) is 8.71. The van der Waals surface area contributed by atoms with Gasteiger partial charge in [-0.3, -0.25) is 5.43 Å². The Bertz CT molecular complexity index is 685. The molecule has 1 aliphatic rings. The number of nitrogens with one attached hydrogen (secondary N) is 1. The van der Waals surface area contributed by atoms with E-state index in [0.717, 1.165) is 32.9 Å². The minimum absolute atomic E-state index is 0.518. The van der Waals surface area contributed by atoms with Crippen LogP contribution in [0.25, 0.3) is 0 Å². The Hall–Kier alpha value is -0.970. The van der Waals surface area contributed by atoms with Gasteiger partial charge < -0.3 is 0 Å². The summed E-state index contributed by atoms with van der Waals surface area (Å²) in [6.07, 6.45) is 0.932. The molecule has 1 aliphatic heterocycles. The van der Waals surface area contributed by atoms with Crippen molar-refractivity contribution in [2.45, 2.75) is 23.5 Å². The second-order valence-corrected chi connectivity index (χ2v) is 7.78. The van der Waals surface area contributed by atoms with Crippen LogP contribution < -0.4 is 5.43 Å². The lowest BCUT2D eigenvalue weighted by molar-refractivity contribution is 0.988. The molecular formula is C16H14BrClN2S. The van der Waals surface area contributed by atoms with Crippen molar-refractivity contribution in [3.8, 4) is 0 Å². The third-order valence-electron chi connectivity index (χ3n) is 3.23. The van der Waals surface area contributed by atoms with Crippen LogP contribution in [-0.4, -0.2) is 11.0 Å². The van der Waals surface area contributed by atoms with Gasteiger partial charge in [-0.1, -0.05) is 34.5 Å². The minimum Gasteiger partial charge on any atom is -0.278 e. The quantitative estimate of drug-likeness (QED) is 0.664. The number of thioether (sulfide) groups is 1. The lowest BCUT2D eigenvalue weighted by Crippen LogP contribution is -2.17. The Labute approximate surface area is 142 Å².